The highest BCUT2D eigenvalue weighted by Gasteiger charge is 2.19. The quantitative estimate of drug-likeness (QED) is 0.777. The molecule has 5 nitrogen and oxygen atoms in total. The SMILES string of the molecule is Cc1ccc(O)c(CNCc2ccc(N3CCC(O)CC3)c(F)c2)n1. The average Bonchev–Trinajstić information content (AvgIpc) is 2.59. The molecule has 1 aliphatic rings. The first-order valence-electron chi connectivity index (χ1n) is 8.60. The number of nitrogens with one attached hydrogen (secondary N) is 1. The van der Waals surface area contributed by atoms with Crippen LogP contribution in [0.2, 0.25) is 0 Å². The van der Waals surface area contributed by atoms with Crippen molar-refractivity contribution in [2.75, 3.05) is 18.0 Å². The van der Waals surface area contributed by atoms with E-state index >= 15 is 0 Å². The molecule has 1 aromatic carbocycles. The van der Waals surface area contributed by atoms with Crippen molar-refractivity contribution in [2.24, 2.45) is 0 Å². The number of hydrogen-bond acceptors (Lipinski definition) is 5. The molecule has 0 atom stereocenters. The third-order valence-electron chi connectivity index (χ3n) is 4.53. The fourth-order valence-electron chi connectivity index (χ4n) is 3.08. The maximum atomic E-state index is 14.4. The highest BCUT2D eigenvalue weighted by atomic mass is 19.1. The Labute approximate surface area is 147 Å². The molecule has 0 radical (unpaired) electrons. The van der Waals surface area contributed by atoms with Crippen molar-refractivity contribution in [3.05, 3.63) is 53.1 Å². The van der Waals surface area contributed by atoms with E-state index < -0.39 is 0 Å². The summed E-state index contributed by atoms with van der Waals surface area (Å²) < 4.78 is 14.4. The van der Waals surface area contributed by atoms with Crippen LogP contribution in [0.25, 0.3) is 0 Å². The minimum atomic E-state index is -0.269. The number of aromatic hydroxyl groups is 1. The molecule has 1 aromatic heterocycles. The molecule has 1 fully saturated rings. The second-order valence-electron chi connectivity index (χ2n) is 6.53. The minimum Gasteiger partial charge on any atom is -0.506 e. The van der Waals surface area contributed by atoms with Gasteiger partial charge in [0.25, 0.3) is 0 Å². The Hall–Kier alpha value is -2.18. The van der Waals surface area contributed by atoms with Gasteiger partial charge in [0, 0.05) is 31.9 Å². The van der Waals surface area contributed by atoms with E-state index in [9.17, 15) is 14.6 Å². The Bertz CT molecular complexity index is 731. The van der Waals surface area contributed by atoms with Crippen LogP contribution >= 0.6 is 0 Å². The molecule has 2 aromatic rings. The van der Waals surface area contributed by atoms with Gasteiger partial charge < -0.3 is 20.4 Å². The van der Waals surface area contributed by atoms with Gasteiger partial charge in [-0.25, -0.2) is 4.39 Å². The number of aliphatic hydroxyl groups excluding tert-OH is 1. The summed E-state index contributed by atoms with van der Waals surface area (Å²) in [4.78, 5) is 6.27. The second-order valence-corrected chi connectivity index (χ2v) is 6.53. The van der Waals surface area contributed by atoms with Gasteiger partial charge in [-0.05, 0) is 49.6 Å². The molecule has 3 rings (SSSR count). The number of halogens is 1. The molecule has 1 aliphatic heterocycles. The third kappa shape index (κ3) is 4.46. The van der Waals surface area contributed by atoms with Crippen LogP contribution in [-0.4, -0.2) is 34.4 Å². The van der Waals surface area contributed by atoms with Crippen LogP contribution < -0.4 is 10.2 Å². The number of nitrogens with zero attached hydrogens (tertiary/aromatic N) is 2. The molecular formula is C19H24FN3O2. The molecule has 1 saturated heterocycles. The third-order valence-corrected chi connectivity index (χ3v) is 4.53. The van der Waals surface area contributed by atoms with Gasteiger partial charge in [0.05, 0.1) is 17.5 Å². The van der Waals surface area contributed by atoms with Crippen molar-refractivity contribution in [1.82, 2.24) is 10.3 Å². The summed E-state index contributed by atoms with van der Waals surface area (Å²) in [5.41, 5.74) is 2.86. The molecule has 0 spiro atoms. The maximum Gasteiger partial charge on any atom is 0.146 e. The molecule has 3 N–H and O–H groups in total. The van der Waals surface area contributed by atoms with E-state index in [-0.39, 0.29) is 17.7 Å². The number of anilines is 1. The lowest BCUT2D eigenvalue weighted by Gasteiger charge is -2.31. The van der Waals surface area contributed by atoms with Crippen molar-refractivity contribution >= 4 is 5.69 Å². The van der Waals surface area contributed by atoms with Gasteiger partial charge in [-0.3, -0.25) is 4.98 Å². The van der Waals surface area contributed by atoms with E-state index in [1.54, 1.807) is 18.2 Å². The minimum absolute atomic E-state index is 0.159. The smallest absolute Gasteiger partial charge is 0.146 e. The molecule has 0 unspecified atom stereocenters. The van der Waals surface area contributed by atoms with E-state index in [0.717, 1.165) is 11.3 Å². The zero-order chi connectivity index (χ0) is 17.8. The Morgan fingerprint density at radius 3 is 2.68 bits per heavy atom. The topological polar surface area (TPSA) is 68.6 Å². The van der Waals surface area contributed by atoms with Gasteiger partial charge in [-0.15, -0.1) is 0 Å². The molecule has 0 amide bonds. The number of aryl methyl sites for hydroxylation is 1. The molecule has 25 heavy (non-hydrogen) atoms. The van der Waals surface area contributed by atoms with Gasteiger partial charge in [0.2, 0.25) is 0 Å². The molecular weight excluding hydrogens is 321 g/mol. The lowest BCUT2D eigenvalue weighted by molar-refractivity contribution is 0.145. The Morgan fingerprint density at radius 2 is 1.96 bits per heavy atom. The predicted octanol–water partition coefficient (Wildman–Crippen LogP) is 2.49. The average molecular weight is 345 g/mol. The van der Waals surface area contributed by atoms with Gasteiger partial charge in [-0.2, -0.15) is 0 Å². The largest absolute Gasteiger partial charge is 0.506 e. The zero-order valence-electron chi connectivity index (χ0n) is 14.4. The predicted molar refractivity (Wildman–Crippen MR) is 95.0 cm³/mol. The number of hydrogen-bond donors (Lipinski definition) is 3. The molecule has 0 bridgehead atoms. The molecule has 134 valence electrons. The van der Waals surface area contributed by atoms with Gasteiger partial charge >= 0.3 is 0 Å². The van der Waals surface area contributed by atoms with Crippen LogP contribution in [0.3, 0.4) is 0 Å². The van der Waals surface area contributed by atoms with Crippen molar-refractivity contribution in [3.63, 3.8) is 0 Å². The van der Waals surface area contributed by atoms with Crippen molar-refractivity contribution in [3.8, 4) is 5.75 Å². The van der Waals surface area contributed by atoms with E-state index in [2.05, 4.69) is 10.3 Å². The summed E-state index contributed by atoms with van der Waals surface area (Å²) in [6.07, 6.45) is 1.08. The summed E-state index contributed by atoms with van der Waals surface area (Å²) in [7, 11) is 0. The summed E-state index contributed by atoms with van der Waals surface area (Å²) in [5, 5.41) is 22.5. The Kier molecular flexibility index (Phi) is 5.50. The van der Waals surface area contributed by atoms with E-state index in [1.807, 2.05) is 17.9 Å². The number of pyridine rings is 1. The van der Waals surface area contributed by atoms with E-state index in [1.165, 1.54) is 6.07 Å². The van der Waals surface area contributed by atoms with Crippen molar-refractivity contribution in [2.45, 2.75) is 39.0 Å². The normalized spacial score (nSPS) is 15.6. The summed E-state index contributed by atoms with van der Waals surface area (Å²) >= 11 is 0. The van der Waals surface area contributed by atoms with Crippen LogP contribution in [-0.2, 0) is 13.1 Å². The number of aliphatic hydroxyl groups is 1. The van der Waals surface area contributed by atoms with E-state index in [4.69, 9.17) is 0 Å². The summed E-state index contributed by atoms with van der Waals surface area (Å²) in [5.74, 6) is -0.0841. The fourth-order valence-corrected chi connectivity index (χ4v) is 3.08. The van der Waals surface area contributed by atoms with Crippen LogP contribution in [0.1, 0.15) is 29.8 Å². The Balaban J connectivity index is 1.58. The maximum absolute atomic E-state index is 14.4. The van der Waals surface area contributed by atoms with Gasteiger partial charge in [-0.1, -0.05) is 6.07 Å². The number of rotatable bonds is 5. The highest BCUT2D eigenvalue weighted by molar-refractivity contribution is 5.49. The highest BCUT2D eigenvalue weighted by Crippen LogP contribution is 2.24. The van der Waals surface area contributed by atoms with Crippen LogP contribution in [0, 0.1) is 12.7 Å². The number of piperidine rings is 1. The standard InChI is InChI=1S/C19H24FN3O2/c1-13-2-5-19(25)17(22-13)12-21-11-14-3-4-18(16(20)10-14)23-8-6-15(24)7-9-23/h2-5,10,15,21,24-25H,6-9,11-12H2,1H3. The summed E-state index contributed by atoms with van der Waals surface area (Å²) in [6, 6.07) is 8.62. The van der Waals surface area contributed by atoms with Crippen LogP contribution in [0.4, 0.5) is 10.1 Å². The number of benzene rings is 1. The van der Waals surface area contributed by atoms with Crippen LogP contribution in [0.15, 0.2) is 30.3 Å². The monoisotopic (exact) mass is 345 g/mol. The van der Waals surface area contributed by atoms with Gasteiger partial charge in [0.15, 0.2) is 0 Å². The first kappa shape index (κ1) is 17.6. The summed E-state index contributed by atoms with van der Waals surface area (Å²) in [6.45, 7) is 4.13. The molecule has 0 saturated carbocycles. The molecule has 0 aliphatic carbocycles. The lowest BCUT2D eigenvalue weighted by Crippen LogP contribution is -2.36. The first-order chi connectivity index (χ1) is 12.0. The van der Waals surface area contributed by atoms with E-state index in [0.29, 0.717) is 50.4 Å². The fraction of sp³-hybridized carbons (Fsp3) is 0.421. The van der Waals surface area contributed by atoms with Crippen molar-refractivity contribution < 1.29 is 14.6 Å². The van der Waals surface area contributed by atoms with Crippen LogP contribution in [0.5, 0.6) is 5.75 Å². The lowest BCUT2D eigenvalue weighted by atomic mass is 10.1. The zero-order valence-corrected chi connectivity index (χ0v) is 14.4. The molecule has 2 heterocycles. The van der Waals surface area contributed by atoms with Crippen molar-refractivity contribution in [1.29, 1.82) is 0 Å². The van der Waals surface area contributed by atoms with Gasteiger partial charge in [0.1, 0.15) is 11.6 Å². The second kappa shape index (κ2) is 7.80. The number of aromatic nitrogens is 1. The molecule has 6 heteroatoms. The Morgan fingerprint density at radius 1 is 1.20 bits per heavy atom. The first-order valence-corrected chi connectivity index (χ1v) is 8.60.